The standard InChI is InChI=1S/C14H17NO2.C10H9NO2.C8H7N/c1-14(2,3)17-13(16)10-15-9-8-11-6-4-5-7-12(11)15;12-10(13)7-11-6-5-8-3-1-2-4-9(8)11;1-2-4-8-7(3-1)5-6-9-8/h4-9H,10H2,1-3H3;1-6H,7H2,(H,12,13);1-6,9H. The summed E-state index contributed by atoms with van der Waals surface area (Å²) in [6.45, 7) is 5.90. The number of rotatable bonds is 4. The topological polar surface area (TPSA) is 89.2 Å². The molecule has 0 bridgehead atoms. The Bertz CT molecular complexity index is 1650. The number of carbonyl (C=O) groups is 2. The van der Waals surface area contributed by atoms with Crippen LogP contribution >= 0.6 is 0 Å². The molecule has 0 fully saturated rings. The number of hydrogen-bond acceptors (Lipinski definition) is 3. The van der Waals surface area contributed by atoms with Gasteiger partial charge in [0, 0.05) is 35.1 Å². The molecule has 0 saturated carbocycles. The maximum absolute atomic E-state index is 11.7. The summed E-state index contributed by atoms with van der Waals surface area (Å²) in [6.07, 6.45) is 5.65. The van der Waals surface area contributed by atoms with Crippen LogP contribution in [-0.2, 0) is 27.4 Å². The van der Waals surface area contributed by atoms with Crippen molar-refractivity contribution in [3.63, 3.8) is 0 Å². The molecule has 0 saturated heterocycles. The number of nitrogens with one attached hydrogen (secondary N) is 1. The molecule has 3 aromatic carbocycles. The van der Waals surface area contributed by atoms with E-state index < -0.39 is 11.6 Å². The van der Waals surface area contributed by atoms with Gasteiger partial charge in [-0.05, 0) is 73.3 Å². The maximum atomic E-state index is 11.7. The van der Waals surface area contributed by atoms with Crippen LogP contribution in [0.4, 0.5) is 0 Å². The van der Waals surface area contributed by atoms with Crippen LogP contribution in [0.2, 0.25) is 0 Å². The highest BCUT2D eigenvalue weighted by molar-refractivity contribution is 5.82. The lowest BCUT2D eigenvalue weighted by Crippen LogP contribution is -2.26. The van der Waals surface area contributed by atoms with E-state index in [4.69, 9.17) is 9.84 Å². The molecule has 3 heterocycles. The summed E-state index contributed by atoms with van der Waals surface area (Å²) >= 11 is 0. The summed E-state index contributed by atoms with van der Waals surface area (Å²) in [5.41, 5.74) is 2.79. The van der Waals surface area contributed by atoms with Gasteiger partial charge in [-0.3, -0.25) is 9.59 Å². The van der Waals surface area contributed by atoms with Crippen molar-refractivity contribution in [1.82, 2.24) is 14.1 Å². The lowest BCUT2D eigenvalue weighted by atomic mass is 10.2. The quantitative estimate of drug-likeness (QED) is 0.247. The first kappa shape index (κ1) is 27.3. The highest BCUT2D eigenvalue weighted by Crippen LogP contribution is 2.16. The summed E-state index contributed by atoms with van der Waals surface area (Å²) in [7, 11) is 0. The number of nitrogens with zero attached hydrogens (tertiary/aromatic N) is 2. The third-order valence-corrected chi connectivity index (χ3v) is 5.85. The molecule has 0 unspecified atom stereocenters. The molecule has 0 radical (unpaired) electrons. The Morgan fingerprint density at radius 1 is 0.718 bits per heavy atom. The lowest BCUT2D eigenvalue weighted by molar-refractivity contribution is -0.155. The normalized spacial score (nSPS) is 10.9. The summed E-state index contributed by atoms with van der Waals surface area (Å²) in [5.74, 6) is -1.03. The highest BCUT2D eigenvalue weighted by Gasteiger charge is 2.16. The highest BCUT2D eigenvalue weighted by atomic mass is 16.6. The van der Waals surface area contributed by atoms with Crippen LogP contribution in [0, 0.1) is 0 Å². The molecule has 0 amide bonds. The second-order valence-corrected chi connectivity index (χ2v) is 10.1. The molecule has 6 aromatic rings. The van der Waals surface area contributed by atoms with Gasteiger partial charge in [-0.1, -0.05) is 54.6 Å². The molecule has 0 spiro atoms. The number of carbonyl (C=O) groups excluding carboxylic acids is 1. The third kappa shape index (κ3) is 7.61. The number of aromatic nitrogens is 3. The first-order valence-electron chi connectivity index (χ1n) is 12.7. The van der Waals surface area contributed by atoms with E-state index in [-0.39, 0.29) is 19.1 Å². The molecule has 200 valence electrons. The molecule has 39 heavy (non-hydrogen) atoms. The first-order valence-corrected chi connectivity index (χ1v) is 12.7. The van der Waals surface area contributed by atoms with Gasteiger partial charge in [0.25, 0.3) is 0 Å². The molecule has 7 heteroatoms. The Balaban J connectivity index is 0.000000142. The van der Waals surface area contributed by atoms with Gasteiger partial charge < -0.3 is 24.0 Å². The van der Waals surface area contributed by atoms with Crippen molar-refractivity contribution in [2.24, 2.45) is 0 Å². The Hall–Kier alpha value is -4.78. The minimum atomic E-state index is -0.818. The fraction of sp³-hybridized carbons (Fsp3) is 0.188. The second kappa shape index (κ2) is 12.2. The average Bonchev–Trinajstić information content (AvgIpc) is 3.63. The summed E-state index contributed by atoms with van der Waals surface area (Å²) in [6, 6.07) is 29.9. The number of aliphatic carboxylic acids is 1. The SMILES string of the molecule is CC(C)(C)OC(=O)Cn1ccc2ccccc21.O=C(O)Cn1ccc2ccccc21.c1ccc2[nH]ccc2c1. The predicted octanol–water partition coefficient (Wildman–Crippen LogP) is 6.88. The van der Waals surface area contributed by atoms with Crippen molar-refractivity contribution in [2.75, 3.05) is 0 Å². The van der Waals surface area contributed by atoms with Gasteiger partial charge in [0.1, 0.15) is 18.7 Å². The number of H-pyrrole nitrogens is 1. The number of hydrogen-bond donors (Lipinski definition) is 2. The zero-order chi connectivity index (χ0) is 27.8. The average molecular weight is 524 g/mol. The largest absolute Gasteiger partial charge is 0.480 e. The Kier molecular flexibility index (Phi) is 8.51. The van der Waals surface area contributed by atoms with Crippen LogP contribution in [0.25, 0.3) is 32.7 Å². The van der Waals surface area contributed by atoms with Crippen molar-refractivity contribution >= 4 is 44.6 Å². The van der Waals surface area contributed by atoms with E-state index in [0.29, 0.717) is 0 Å². The Labute approximate surface area is 227 Å². The molecular formula is C32H33N3O4. The number of esters is 1. The van der Waals surface area contributed by atoms with Crippen molar-refractivity contribution in [1.29, 1.82) is 0 Å². The smallest absolute Gasteiger partial charge is 0.326 e. The summed E-state index contributed by atoms with van der Waals surface area (Å²) in [4.78, 5) is 25.3. The number of para-hydroxylation sites is 3. The number of carboxylic acid groups (broad SMARTS) is 1. The molecule has 7 nitrogen and oxygen atoms in total. The van der Waals surface area contributed by atoms with Gasteiger partial charge in [0.2, 0.25) is 0 Å². The number of aromatic amines is 1. The monoisotopic (exact) mass is 523 g/mol. The van der Waals surface area contributed by atoms with Gasteiger partial charge in [0.05, 0.1) is 0 Å². The number of carboxylic acids is 1. The predicted molar refractivity (Wildman–Crippen MR) is 156 cm³/mol. The van der Waals surface area contributed by atoms with E-state index in [2.05, 4.69) is 23.2 Å². The van der Waals surface area contributed by atoms with E-state index in [1.807, 2.05) is 111 Å². The van der Waals surface area contributed by atoms with Gasteiger partial charge in [-0.2, -0.15) is 0 Å². The van der Waals surface area contributed by atoms with Crippen molar-refractivity contribution < 1.29 is 19.4 Å². The molecular weight excluding hydrogens is 490 g/mol. The fourth-order valence-corrected chi connectivity index (χ4v) is 4.21. The molecule has 0 aliphatic heterocycles. The molecule has 2 N–H and O–H groups in total. The van der Waals surface area contributed by atoms with Crippen LogP contribution in [0.1, 0.15) is 20.8 Å². The van der Waals surface area contributed by atoms with Crippen LogP contribution in [0.5, 0.6) is 0 Å². The Morgan fingerprint density at radius 2 is 1.23 bits per heavy atom. The molecule has 0 atom stereocenters. The number of ether oxygens (including phenoxy) is 1. The van der Waals surface area contributed by atoms with Gasteiger partial charge >= 0.3 is 11.9 Å². The Morgan fingerprint density at radius 3 is 1.77 bits per heavy atom. The minimum Gasteiger partial charge on any atom is -0.480 e. The molecule has 3 aromatic heterocycles. The van der Waals surface area contributed by atoms with E-state index in [1.165, 1.54) is 10.9 Å². The van der Waals surface area contributed by atoms with Crippen molar-refractivity contribution in [3.05, 3.63) is 110 Å². The summed E-state index contributed by atoms with van der Waals surface area (Å²) in [5, 5.41) is 12.1. The third-order valence-electron chi connectivity index (χ3n) is 5.85. The van der Waals surface area contributed by atoms with Crippen molar-refractivity contribution in [2.45, 2.75) is 39.5 Å². The number of fused-ring (bicyclic) bond motifs is 3. The first-order chi connectivity index (χ1) is 18.7. The minimum absolute atomic E-state index is 0.0213. The number of benzene rings is 3. The van der Waals surface area contributed by atoms with Gasteiger partial charge in [0.15, 0.2) is 0 Å². The van der Waals surface area contributed by atoms with Crippen molar-refractivity contribution in [3.8, 4) is 0 Å². The molecule has 6 rings (SSSR count). The van der Waals surface area contributed by atoms with E-state index in [1.54, 1.807) is 10.8 Å². The van der Waals surface area contributed by atoms with Gasteiger partial charge in [-0.25, -0.2) is 0 Å². The zero-order valence-corrected chi connectivity index (χ0v) is 22.4. The van der Waals surface area contributed by atoms with Crippen LogP contribution < -0.4 is 0 Å². The van der Waals surface area contributed by atoms with Crippen LogP contribution in [0.15, 0.2) is 110 Å². The van der Waals surface area contributed by atoms with E-state index in [9.17, 15) is 9.59 Å². The van der Waals surface area contributed by atoms with E-state index in [0.717, 1.165) is 21.8 Å². The van der Waals surface area contributed by atoms with Crippen LogP contribution in [0.3, 0.4) is 0 Å². The lowest BCUT2D eigenvalue weighted by Gasteiger charge is -2.19. The molecule has 0 aliphatic carbocycles. The fourth-order valence-electron chi connectivity index (χ4n) is 4.21. The maximum Gasteiger partial charge on any atom is 0.326 e. The second-order valence-electron chi connectivity index (χ2n) is 10.1. The van der Waals surface area contributed by atoms with Gasteiger partial charge in [-0.15, -0.1) is 0 Å². The zero-order valence-electron chi connectivity index (χ0n) is 22.4. The summed E-state index contributed by atoms with van der Waals surface area (Å²) < 4.78 is 8.93. The van der Waals surface area contributed by atoms with Crippen LogP contribution in [-0.4, -0.2) is 36.8 Å². The van der Waals surface area contributed by atoms with E-state index >= 15 is 0 Å². The molecule has 0 aliphatic rings.